The van der Waals surface area contributed by atoms with Crippen molar-refractivity contribution in [3.8, 4) is 11.5 Å². The number of carbonyl (C=O) groups excluding carboxylic acids is 1. The highest BCUT2D eigenvalue weighted by Gasteiger charge is 2.37. The van der Waals surface area contributed by atoms with E-state index in [1.54, 1.807) is 6.07 Å². The van der Waals surface area contributed by atoms with Crippen molar-refractivity contribution in [1.82, 2.24) is 0 Å². The standard InChI is InChI=1S/C11H11O6P/c1-16-7-4-3-5-8(17-2)10(7)11(14)18(15)6-9(12)13/h3-5H,6H2,1-2H3/p+1. The van der Waals surface area contributed by atoms with Crippen molar-refractivity contribution in [2.24, 2.45) is 0 Å². The van der Waals surface area contributed by atoms with Gasteiger partial charge in [-0.1, -0.05) is 10.6 Å². The predicted octanol–water partition coefficient (Wildman–Crippen LogP) is 1.76. The van der Waals surface area contributed by atoms with Gasteiger partial charge in [0.15, 0.2) is 5.56 Å². The van der Waals surface area contributed by atoms with Crippen LogP contribution in [0.2, 0.25) is 0 Å². The van der Waals surface area contributed by atoms with E-state index in [1.807, 2.05) is 0 Å². The quantitative estimate of drug-likeness (QED) is 0.793. The highest BCUT2D eigenvalue weighted by Crippen LogP contribution is 2.36. The van der Waals surface area contributed by atoms with Gasteiger partial charge in [0.25, 0.3) is 6.16 Å². The lowest BCUT2D eigenvalue weighted by atomic mass is 10.2. The van der Waals surface area contributed by atoms with E-state index >= 15 is 0 Å². The van der Waals surface area contributed by atoms with Crippen LogP contribution < -0.4 is 9.47 Å². The van der Waals surface area contributed by atoms with Crippen molar-refractivity contribution in [1.29, 1.82) is 0 Å². The fourth-order valence-electron chi connectivity index (χ4n) is 1.38. The van der Waals surface area contributed by atoms with Crippen molar-refractivity contribution < 1.29 is 28.7 Å². The van der Waals surface area contributed by atoms with Crippen LogP contribution in [0.25, 0.3) is 0 Å². The molecule has 0 bridgehead atoms. The molecular weight excluding hydrogens is 259 g/mol. The molecule has 0 radical (unpaired) electrons. The zero-order chi connectivity index (χ0) is 13.7. The Balaban J connectivity index is 3.18. The van der Waals surface area contributed by atoms with Crippen LogP contribution in [-0.2, 0) is 9.36 Å². The number of benzene rings is 1. The molecule has 1 aromatic rings. The third-order valence-corrected chi connectivity index (χ3v) is 3.38. The SMILES string of the molecule is COc1cccc(OC)c1C(=O)[P+](=O)CC(=O)O. The maximum atomic E-state index is 11.9. The summed E-state index contributed by atoms with van der Waals surface area (Å²) in [6.45, 7) is 0. The Bertz CT molecular complexity index is 474. The molecule has 1 aromatic carbocycles. The van der Waals surface area contributed by atoms with Gasteiger partial charge < -0.3 is 14.6 Å². The van der Waals surface area contributed by atoms with E-state index in [1.165, 1.54) is 26.4 Å². The molecule has 0 aromatic heterocycles. The molecule has 0 spiro atoms. The first-order valence-corrected chi connectivity index (χ1v) is 6.37. The van der Waals surface area contributed by atoms with E-state index < -0.39 is 25.5 Å². The second-order valence-electron chi connectivity index (χ2n) is 3.27. The van der Waals surface area contributed by atoms with Gasteiger partial charge in [-0.15, -0.1) is 0 Å². The number of hydrogen-bond acceptors (Lipinski definition) is 5. The number of carboxylic acids is 1. The third kappa shape index (κ3) is 3.05. The van der Waals surface area contributed by atoms with Crippen LogP contribution in [0.3, 0.4) is 0 Å². The molecule has 1 N–H and O–H groups in total. The molecule has 1 rings (SSSR count). The zero-order valence-corrected chi connectivity index (χ0v) is 10.8. The summed E-state index contributed by atoms with van der Waals surface area (Å²) in [7, 11) is 0.164. The van der Waals surface area contributed by atoms with E-state index in [2.05, 4.69) is 0 Å². The maximum absolute atomic E-state index is 11.9. The monoisotopic (exact) mass is 271 g/mol. The van der Waals surface area contributed by atoms with Crippen LogP contribution in [0, 0.1) is 0 Å². The lowest BCUT2D eigenvalue weighted by Crippen LogP contribution is -2.06. The Morgan fingerprint density at radius 3 is 2.11 bits per heavy atom. The zero-order valence-electron chi connectivity index (χ0n) is 9.87. The van der Waals surface area contributed by atoms with Gasteiger partial charge in [0, 0.05) is 0 Å². The minimum atomic E-state index is -2.55. The minimum Gasteiger partial charge on any atom is -0.496 e. The first-order valence-electron chi connectivity index (χ1n) is 4.93. The minimum absolute atomic E-state index is 0.00450. The first-order chi connectivity index (χ1) is 8.51. The summed E-state index contributed by atoms with van der Waals surface area (Å²) in [6, 6.07) is 4.64. The van der Waals surface area contributed by atoms with Gasteiger partial charge >= 0.3 is 19.3 Å². The van der Waals surface area contributed by atoms with E-state index in [0.29, 0.717) is 0 Å². The first kappa shape index (κ1) is 14.1. The Labute approximate surface area is 104 Å². The molecule has 0 aliphatic rings. The molecule has 0 fully saturated rings. The summed E-state index contributed by atoms with van der Waals surface area (Å²) < 4.78 is 21.6. The van der Waals surface area contributed by atoms with Crippen molar-refractivity contribution >= 4 is 19.3 Å². The molecular formula is C11H12O6P+. The fraction of sp³-hybridized carbons (Fsp3) is 0.273. The lowest BCUT2D eigenvalue weighted by Gasteiger charge is -2.07. The number of ether oxygens (including phenoxy) is 2. The summed E-state index contributed by atoms with van der Waals surface area (Å²) in [5.41, 5.74) is -0.786. The molecule has 0 aliphatic heterocycles. The summed E-state index contributed by atoms with van der Waals surface area (Å²) in [6.07, 6.45) is -0.713. The largest absolute Gasteiger partial charge is 0.496 e. The topological polar surface area (TPSA) is 89.9 Å². The Kier molecular flexibility index (Phi) is 4.80. The van der Waals surface area contributed by atoms with Crippen LogP contribution in [0.4, 0.5) is 0 Å². The third-order valence-electron chi connectivity index (χ3n) is 2.15. The fourth-order valence-corrected chi connectivity index (χ4v) is 2.24. The Hall–Kier alpha value is -1.94. The molecule has 0 amide bonds. The van der Waals surface area contributed by atoms with E-state index in [4.69, 9.17) is 14.6 Å². The van der Waals surface area contributed by atoms with Crippen molar-refractivity contribution in [3.63, 3.8) is 0 Å². The van der Waals surface area contributed by atoms with Crippen LogP contribution in [0.5, 0.6) is 11.5 Å². The van der Waals surface area contributed by atoms with Crippen LogP contribution >= 0.6 is 7.80 Å². The molecule has 0 saturated carbocycles. The highest BCUT2D eigenvalue weighted by molar-refractivity contribution is 7.65. The number of aliphatic carboxylic acids is 1. The predicted molar refractivity (Wildman–Crippen MR) is 64.0 cm³/mol. The van der Waals surface area contributed by atoms with Crippen LogP contribution in [0.15, 0.2) is 18.2 Å². The lowest BCUT2D eigenvalue weighted by molar-refractivity contribution is -0.134. The average Bonchev–Trinajstić information content (AvgIpc) is 2.35. The van der Waals surface area contributed by atoms with Crippen LogP contribution in [-0.4, -0.2) is 37.0 Å². The summed E-state index contributed by atoms with van der Waals surface area (Å²) in [5.74, 6) is -0.889. The smallest absolute Gasteiger partial charge is 0.432 e. The number of rotatable bonds is 6. The second kappa shape index (κ2) is 6.12. The van der Waals surface area contributed by atoms with Gasteiger partial charge in [0.05, 0.1) is 14.2 Å². The molecule has 1 unspecified atom stereocenters. The van der Waals surface area contributed by atoms with Gasteiger partial charge in [-0.2, -0.15) is 0 Å². The summed E-state index contributed by atoms with van der Waals surface area (Å²) >= 11 is 0. The number of carbonyl (C=O) groups is 2. The highest BCUT2D eigenvalue weighted by atomic mass is 31.1. The summed E-state index contributed by atoms with van der Waals surface area (Å²) in [4.78, 5) is 22.4. The second-order valence-corrected chi connectivity index (χ2v) is 4.75. The van der Waals surface area contributed by atoms with Crippen LogP contribution in [0.1, 0.15) is 10.4 Å². The normalized spacial score (nSPS) is 10.7. The van der Waals surface area contributed by atoms with Gasteiger partial charge in [-0.05, 0) is 12.1 Å². The number of hydrogen-bond donors (Lipinski definition) is 1. The number of carboxylic acid groups (broad SMARTS) is 1. The van der Waals surface area contributed by atoms with E-state index in [9.17, 15) is 14.2 Å². The van der Waals surface area contributed by atoms with Gasteiger partial charge in [-0.25, -0.2) is 9.59 Å². The summed E-state index contributed by atoms with van der Waals surface area (Å²) in [5, 5.41) is 8.53. The van der Waals surface area contributed by atoms with Gasteiger partial charge in [-0.3, -0.25) is 0 Å². The maximum Gasteiger partial charge on any atom is 0.432 e. The Morgan fingerprint density at radius 1 is 1.22 bits per heavy atom. The molecule has 18 heavy (non-hydrogen) atoms. The molecule has 0 heterocycles. The molecule has 96 valence electrons. The van der Waals surface area contributed by atoms with Crippen molar-refractivity contribution in [3.05, 3.63) is 23.8 Å². The molecule has 1 atom stereocenters. The average molecular weight is 271 g/mol. The molecule has 6 nitrogen and oxygen atoms in total. The van der Waals surface area contributed by atoms with E-state index in [-0.39, 0.29) is 17.1 Å². The van der Waals surface area contributed by atoms with E-state index in [0.717, 1.165) is 0 Å². The molecule has 7 heteroatoms. The number of methoxy groups -OCH3 is 2. The van der Waals surface area contributed by atoms with Crippen molar-refractivity contribution in [2.45, 2.75) is 0 Å². The molecule has 0 saturated heterocycles. The van der Waals surface area contributed by atoms with Gasteiger partial charge in [0.1, 0.15) is 11.5 Å². The molecule has 0 aliphatic carbocycles. The van der Waals surface area contributed by atoms with Gasteiger partial charge in [0.2, 0.25) is 0 Å². The van der Waals surface area contributed by atoms with Crippen molar-refractivity contribution in [2.75, 3.05) is 20.4 Å². The Morgan fingerprint density at radius 2 is 1.72 bits per heavy atom.